The summed E-state index contributed by atoms with van der Waals surface area (Å²) in [7, 11) is 0. The molecule has 104 valence electrons. The van der Waals surface area contributed by atoms with Gasteiger partial charge < -0.3 is 5.73 Å². The number of hydrogen-bond donors (Lipinski definition) is 1. The molecule has 0 fully saturated rings. The molecule has 0 aliphatic carbocycles. The number of pyridine rings is 1. The molecule has 0 saturated heterocycles. The summed E-state index contributed by atoms with van der Waals surface area (Å²) in [4.78, 5) is 4.85. The molecule has 2 N–H and O–H groups in total. The predicted octanol–water partition coefficient (Wildman–Crippen LogP) is 2.29. The Kier molecular flexibility index (Phi) is 3.02. The SMILES string of the molecule is CC(C)(C)C(N)c1nn2c(-c3cccnc3)nnc2s1. The molecule has 0 bridgehead atoms. The zero-order chi connectivity index (χ0) is 14.3. The number of rotatable bonds is 2. The van der Waals surface area contributed by atoms with Gasteiger partial charge in [-0.1, -0.05) is 32.1 Å². The lowest BCUT2D eigenvalue weighted by atomic mass is 9.88. The molecule has 1 unspecified atom stereocenters. The topological polar surface area (TPSA) is 82.0 Å². The molecular weight excluding hydrogens is 272 g/mol. The van der Waals surface area contributed by atoms with E-state index in [4.69, 9.17) is 5.73 Å². The van der Waals surface area contributed by atoms with Gasteiger partial charge in [-0.05, 0) is 17.5 Å². The van der Waals surface area contributed by atoms with E-state index in [0.29, 0.717) is 5.82 Å². The molecule has 6 nitrogen and oxygen atoms in total. The molecule has 0 radical (unpaired) electrons. The molecule has 1 atom stereocenters. The Labute approximate surface area is 120 Å². The second kappa shape index (κ2) is 4.60. The zero-order valence-corrected chi connectivity index (χ0v) is 12.4. The maximum Gasteiger partial charge on any atom is 0.235 e. The van der Waals surface area contributed by atoms with Crippen LogP contribution in [0.2, 0.25) is 0 Å². The summed E-state index contributed by atoms with van der Waals surface area (Å²) in [5.41, 5.74) is 7.10. The van der Waals surface area contributed by atoms with Crippen molar-refractivity contribution in [3.8, 4) is 11.4 Å². The van der Waals surface area contributed by atoms with Crippen molar-refractivity contribution in [2.45, 2.75) is 26.8 Å². The number of aromatic nitrogens is 5. The third kappa shape index (κ3) is 2.19. The summed E-state index contributed by atoms with van der Waals surface area (Å²) in [5.74, 6) is 0.691. The van der Waals surface area contributed by atoms with Crippen molar-refractivity contribution in [1.82, 2.24) is 24.8 Å². The first-order chi connectivity index (χ1) is 9.47. The average molecular weight is 288 g/mol. The van der Waals surface area contributed by atoms with Crippen LogP contribution < -0.4 is 5.73 Å². The fourth-order valence-electron chi connectivity index (χ4n) is 1.80. The summed E-state index contributed by atoms with van der Waals surface area (Å²) in [6.45, 7) is 6.30. The normalized spacial score (nSPS) is 13.8. The number of hydrogen-bond acceptors (Lipinski definition) is 6. The van der Waals surface area contributed by atoms with Gasteiger partial charge in [-0.2, -0.15) is 9.61 Å². The molecule has 20 heavy (non-hydrogen) atoms. The van der Waals surface area contributed by atoms with E-state index in [1.54, 1.807) is 16.9 Å². The van der Waals surface area contributed by atoms with Crippen LogP contribution in [0.3, 0.4) is 0 Å². The van der Waals surface area contributed by atoms with Gasteiger partial charge in [0.2, 0.25) is 4.96 Å². The third-order valence-corrected chi connectivity index (χ3v) is 4.11. The zero-order valence-electron chi connectivity index (χ0n) is 11.6. The molecule has 7 heteroatoms. The highest BCUT2D eigenvalue weighted by Gasteiger charge is 2.26. The minimum atomic E-state index is -0.129. The number of nitrogens with zero attached hydrogens (tertiary/aromatic N) is 5. The first-order valence-electron chi connectivity index (χ1n) is 6.35. The Balaban J connectivity index is 2.08. The van der Waals surface area contributed by atoms with Crippen LogP contribution in [0.15, 0.2) is 24.5 Å². The maximum absolute atomic E-state index is 6.26. The van der Waals surface area contributed by atoms with Gasteiger partial charge in [0, 0.05) is 18.0 Å². The Morgan fingerprint density at radius 1 is 1.30 bits per heavy atom. The second-order valence-electron chi connectivity index (χ2n) is 5.74. The molecule has 0 aromatic carbocycles. The summed E-state index contributed by atoms with van der Waals surface area (Å²) in [6, 6.07) is 3.67. The quantitative estimate of drug-likeness (QED) is 0.782. The average Bonchev–Trinajstić information content (AvgIpc) is 2.97. The molecule has 3 heterocycles. The smallest absolute Gasteiger partial charge is 0.235 e. The monoisotopic (exact) mass is 288 g/mol. The van der Waals surface area contributed by atoms with E-state index >= 15 is 0 Å². The molecule has 0 amide bonds. The highest BCUT2D eigenvalue weighted by Crippen LogP contribution is 2.33. The van der Waals surface area contributed by atoms with Gasteiger partial charge in [-0.15, -0.1) is 10.2 Å². The van der Waals surface area contributed by atoms with Crippen LogP contribution in [-0.4, -0.2) is 24.8 Å². The summed E-state index contributed by atoms with van der Waals surface area (Å²) in [5, 5.41) is 13.8. The Morgan fingerprint density at radius 2 is 2.10 bits per heavy atom. The number of fused-ring (bicyclic) bond motifs is 1. The first-order valence-corrected chi connectivity index (χ1v) is 7.16. The Bertz CT molecular complexity index is 724. The largest absolute Gasteiger partial charge is 0.321 e. The van der Waals surface area contributed by atoms with Gasteiger partial charge in [0.1, 0.15) is 5.01 Å². The van der Waals surface area contributed by atoms with Crippen LogP contribution >= 0.6 is 11.3 Å². The van der Waals surface area contributed by atoms with Crippen molar-refractivity contribution < 1.29 is 0 Å². The predicted molar refractivity (Wildman–Crippen MR) is 78.3 cm³/mol. The van der Waals surface area contributed by atoms with E-state index in [-0.39, 0.29) is 11.5 Å². The van der Waals surface area contributed by atoms with Gasteiger partial charge in [0.05, 0.1) is 6.04 Å². The standard InChI is InChI=1S/C13H16N6S/c1-13(2,3)9(14)11-18-19-10(16-17-12(19)20-11)8-5-4-6-15-7-8/h4-7,9H,14H2,1-3H3. The highest BCUT2D eigenvalue weighted by molar-refractivity contribution is 7.16. The van der Waals surface area contributed by atoms with Crippen LogP contribution in [-0.2, 0) is 0 Å². The summed E-state index contributed by atoms with van der Waals surface area (Å²) < 4.78 is 1.74. The second-order valence-corrected chi connectivity index (χ2v) is 6.73. The highest BCUT2D eigenvalue weighted by atomic mass is 32.1. The van der Waals surface area contributed by atoms with Crippen molar-refractivity contribution in [1.29, 1.82) is 0 Å². The van der Waals surface area contributed by atoms with Crippen molar-refractivity contribution in [3.05, 3.63) is 29.5 Å². The van der Waals surface area contributed by atoms with Gasteiger partial charge in [-0.25, -0.2) is 0 Å². The van der Waals surface area contributed by atoms with Crippen LogP contribution in [0, 0.1) is 5.41 Å². The minimum absolute atomic E-state index is 0.0439. The van der Waals surface area contributed by atoms with Crippen LogP contribution in [0.25, 0.3) is 16.3 Å². The third-order valence-electron chi connectivity index (χ3n) is 3.13. The molecular formula is C13H16N6S. The van der Waals surface area contributed by atoms with E-state index < -0.39 is 0 Å². The van der Waals surface area contributed by atoms with Gasteiger partial charge in [0.15, 0.2) is 5.82 Å². The fourth-order valence-corrected chi connectivity index (χ4v) is 2.89. The van der Waals surface area contributed by atoms with Crippen LogP contribution in [0.1, 0.15) is 31.8 Å². The van der Waals surface area contributed by atoms with Gasteiger partial charge in [-0.3, -0.25) is 4.98 Å². The van der Waals surface area contributed by atoms with E-state index in [2.05, 4.69) is 41.1 Å². The Morgan fingerprint density at radius 3 is 2.75 bits per heavy atom. The molecule has 0 spiro atoms. The number of nitrogens with two attached hydrogens (primary N) is 1. The molecule has 0 aliphatic rings. The van der Waals surface area contributed by atoms with E-state index in [1.165, 1.54) is 11.3 Å². The van der Waals surface area contributed by atoms with Crippen molar-refractivity contribution in [2.24, 2.45) is 11.1 Å². The molecule has 3 aromatic rings. The molecule has 0 saturated carbocycles. The summed E-state index contributed by atoms with van der Waals surface area (Å²) >= 11 is 1.48. The van der Waals surface area contributed by atoms with Crippen molar-refractivity contribution in [2.75, 3.05) is 0 Å². The molecule has 3 rings (SSSR count). The minimum Gasteiger partial charge on any atom is -0.321 e. The van der Waals surface area contributed by atoms with E-state index in [9.17, 15) is 0 Å². The van der Waals surface area contributed by atoms with E-state index in [1.807, 2.05) is 12.1 Å². The lowest BCUT2D eigenvalue weighted by Gasteiger charge is -2.24. The Hall–Kier alpha value is -1.86. The summed E-state index contributed by atoms with van der Waals surface area (Å²) in [6.07, 6.45) is 3.48. The molecule has 3 aromatic heterocycles. The molecule has 0 aliphatic heterocycles. The van der Waals surface area contributed by atoms with Crippen LogP contribution in [0.5, 0.6) is 0 Å². The lowest BCUT2D eigenvalue weighted by molar-refractivity contribution is 0.324. The van der Waals surface area contributed by atoms with E-state index in [0.717, 1.165) is 15.5 Å². The van der Waals surface area contributed by atoms with Gasteiger partial charge in [0.25, 0.3) is 0 Å². The van der Waals surface area contributed by atoms with Gasteiger partial charge >= 0.3 is 0 Å². The first kappa shape index (κ1) is 13.1. The maximum atomic E-state index is 6.26. The van der Waals surface area contributed by atoms with Crippen molar-refractivity contribution in [3.63, 3.8) is 0 Å². The van der Waals surface area contributed by atoms with Crippen molar-refractivity contribution >= 4 is 16.3 Å². The lowest BCUT2D eigenvalue weighted by Crippen LogP contribution is -2.26. The fraction of sp³-hybridized carbons (Fsp3) is 0.385. The van der Waals surface area contributed by atoms with Crippen LogP contribution in [0.4, 0.5) is 0 Å².